The molecule has 174 valence electrons. The summed E-state index contributed by atoms with van der Waals surface area (Å²) < 4.78 is 11.9. The van der Waals surface area contributed by atoms with Crippen LogP contribution >= 0.6 is 12.4 Å². The van der Waals surface area contributed by atoms with Crippen molar-refractivity contribution in [3.8, 4) is 5.75 Å². The van der Waals surface area contributed by atoms with Crippen LogP contribution < -0.4 is 4.74 Å². The van der Waals surface area contributed by atoms with Gasteiger partial charge in [0.2, 0.25) is 0 Å². The number of fused-ring (bicyclic) bond motifs is 3. The number of hydrogen-bond donors (Lipinski definition) is 1. The van der Waals surface area contributed by atoms with Gasteiger partial charge in [-0.2, -0.15) is 0 Å². The fourth-order valence-electron chi connectivity index (χ4n) is 5.90. The molecule has 2 bridgehead atoms. The Morgan fingerprint density at radius 2 is 1.62 bits per heavy atom. The predicted octanol–water partition coefficient (Wildman–Crippen LogP) is 4.83. The van der Waals surface area contributed by atoms with E-state index in [9.17, 15) is 5.11 Å². The molecule has 2 atom stereocenters. The van der Waals surface area contributed by atoms with Gasteiger partial charge >= 0.3 is 0 Å². The molecule has 4 nitrogen and oxygen atoms in total. The fraction of sp³-hybridized carbons (Fsp3) is 0.556. The minimum Gasteiger partial charge on any atom is -0.490 e. The van der Waals surface area contributed by atoms with E-state index in [2.05, 4.69) is 53.4 Å². The number of hydrogen-bond acceptors (Lipinski definition) is 4. The number of ether oxygens (including phenoxy) is 2. The Labute approximate surface area is 198 Å². The number of halogens is 1. The molecule has 0 aliphatic carbocycles. The van der Waals surface area contributed by atoms with Crippen LogP contribution in [0.2, 0.25) is 0 Å². The molecule has 2 aromatic carbocycles. The van der Waals surface area contributed by atoms with E-state index in [1.165, 1.54) is 31.5 Å². The minimum absolute atomic E-state index is 0. The highest BCUT2D eigenvalue weighted by Gasteiger charge is 2.47. The number of piperidine rings is 3. The van der Waals surface area contributed by atoms with E-state index in [4.69, 9.17) is 9.47 Å². The molecule has 5 heteroatoms. The Morgan fingerprint density at radius 3 is 2.31 bits per heavy atom. The van der Waals surface area contributed by atoms with Gasteiger partial charge in [-0.05, 0) is 61.9 Å². The Morgan fingerprint density at radius 1 is 0.938 bits per heavy atom. The number of aryl methyl sites for hydroxylation is 1. The highest BCUT2D eigenvalue weighted by Crippen LogP contribution is 2.46. The van der Waals surface area contributed by atoms with Crippen molar-refractivity contribution in [2.75, 3.05) is 32.8 Å². The lowest BCUT2D eigenvalue weighted by atomic mass is 9.66. The lowest BCUT2D eigenvalue weighted by Crippen LogP contribution is -2.55. The number of para-hydroxylation sites is 1. The van der Waals surface area contributed by atoms with Crippen LogP contribution in [0, 0.1) is 11.8 Å². The molecule has 6 rings (SSSR count). The average Bonchev–Trinajstić information content (AvgIpc) is 2.85. The molecule has 2 aromatic rings. The smallest absolute Gasteiger partial charge is 0.122 e. The summed E-state index contributed by atoms with van der Waals surface area (Å²) in [4.78, 5) is 2.54. The molecule has 0 spiro atoms. The van der Waals surface area contributed by atoms with Crippen LogP contribution in [0.4, 0.5) is 0 Å². The summed E-state index contributed by atoms with van der Waals surface area (Å²) in [5, 5.41) is 12.2. The van der Waals surface area contributed by atoms with Crippen LogP contribution in [-0.4, -0.2) is 49.0 Å². The van der Waals surface area contributed by atoms with Crippen molar-refractivity contribution in [2.24, 2.45) is 11.8 Å². The Hall–Kier alpha value is -1.59. The van der Waals surface area contributed by atoms with Gasteiger partial charge in [0.05, 0.1) is 18.8 Å². The molecule has 4 aliphatic rings. The largest absolute Gasteiger partial charge is 0.490 e. The third-order valence-corrected chi connectivity index (χ3v) is 7.75. The second kappa shape index (κ2) is 10.6. The number of benzene rings is 2. The first-order valence-corrected chi connectivity index (χ1v) is 12.0. The second-order valence-corrected chi connectivity index (χ2v) is 9.57. The quantitative estimate of drug-likeness (QED) is 0.646. The van der Waals surface area contributed by atoms with Gasteiger partial charge in [0.1, 0.15) is 11.9 Å². The zero-order valence-electron chi connectivity index (χ0n) is 18.8. The van der Waals surface area contributed by atoms with E-state index in [-0.39, 0.29) is 18.5 Å². The molecule has 4 heterocycles. The zero-order chi connectivity index (χ0) is 21.1. The molecule has 1 N–H and O–H groups in total. The van der Waals surface area contributed by atoms with Crippen LogP contribution in [0.3, 0.4) is 0 Å². The predicted molar refractivity (Wildman–Crippen MR) is 129 cm³/mol. The third-order valence-electron chi connectivity index (χ3n) is 7.75. The highest BCUT2D eigenvalue weighted by atomic mass is 35.5. The van der Waals surface area contributed by atoms with Crippen LogP contribution in [0.5, 0.6) is 5.75 Å². The maximum absolute atomic E-state index is 12.2. The first-order chi connectivity index (χ1) is 15.2. The van der Waals surface area contributed by atoms with Gasteiger partial charge in [-0.1, -0.05) is 48.5 Å². The van der Waals surface area contributed by atoms with Crippen molar-refractivity contribution < 1.29 is 14.6 Å². The van der Waals surface area contributed by atoms with Crippen molar-refractivity contribution in [3.05, 3.63) is 65.7 Å². The Bertz CT molecular complexity index is 849. The van der Waals surface area contributed by atoms with E-state index < -0.39 is 5.60 Å². The number of rotatable bonds is 7. The number of aliphatic hydroxyl groups is 1. The van der Waals surface area contributed by atoms with Crippen molar-refractivity contribution in [1.29, 1.82) is 0 Å². The van der Waals surface area contributed by atoms with E-state index >= 15 is 0 Å². The zero-order valence-corrected chi connectivity index (χ0v) is 19.6. The summed E-state index contributed by atoms with van der Waals surface area (Å²) in [6.45, 7) is 4.94. The van der Waals surface area contributed by atoms with Crippen LogP contribution in [0.15, 0.2) is 54.6 Å². The van der Waals surface area contributed by atoms with Gasteiger partial charge in [-0.15, -0.1) is 12.4 Å². The van der Waals surface area contributed by atoms with E-state index in [0.717, 1.165) is 56.8 Å². The standard InChI is InChI=1S/C27H35NO3.ClH/c29-27(23-7-2-1-3-8-23,25-20-28-16-11-21(25)12-17-28)15-10-22-6-4-5-9-26(22)31-24-13-18-30-19-14-24;/h1-9,21,24-25,29H,10-20H2;1H/t25-,27+;/m0./s1. The van der Waals surface area contributed by atoms with E-state index in [1.54, 1.807) is 0 Å². The molecular weight excluding hydrogens is 422 g/mol. The Balaban J connectivity index is 0.00000245. The molecule has 0 aromatic heterocycles. The van der Waals surface area contributed by atoms with Crippen LogP contribution in [0.25, 0.3) is 0 Å². The lowest BCUT2D eigenvalue weighted by molar-refractivity contribution is -0.106. The summed E-state index contributed by atoms with van der Waals surface area (Å²) in [6.07, 6.45) is 6.08. The van der Waals surface area contributed by atoms with Crippen molar-refractivity contribution in [3.63, 3.8) is 0 Å². The Kier molecular flexibility index (Phi) is 7.78. The molecule has 0 radical (unpaired) electrons. The first kappa shape index (κ1) is 23.6. The second-order valence-electron chi connectivity index (χ2n) is 9.57. The van der Waals surface area contributed by atoms with Gasteiger partial charge in [-0.25, -0.2) is 0 Å². The molecule has 0 saturated carbocycles. The van der Waals surface area contributed by atoms with E-state index in [1.807, 2.05) is 6.07 Å². The van der Waals surface area contributed by atoms with Gasteiger partial charge in [0.15, 0.2) is 0 Å². The van der Waals surface area contributed by atoms with Gasteiger partial charge < -0.3 is 19.5 Å². The van der Waals surface area contributed by atoms with Gasteiger partial charge in [0, 0.05) is 25.3 Å². The average molecular weight is 458 g/mol. The normalized spacial score (nSPS) is 27.3. The first-order valence-electron chi connectivity index (χ1n) is 12.0. The maximum atomic E-state index is 12.2. The molecule has 0 amide bonds. The third kappa shape index (κ3) is 4.99. The number of nitrogens with zero attached hydrogens (tertiary/aromatic N) is 1. The van der Waals surface area contributed by atoms with Crippen LogP contribution in [-0.2, 0) is 16.8 Å². The summed E-state index contributed by atoms with van der Waals surface area (Å²) in [6, 6.07) is 18.8. The van der Waals surface area contributed by atoms with Crippen molar-refractivity contribution in [1.82, 2.24) is 4.90 Å². The molecular formula is C27H36ClNO3. The summed E-state index contributed by atoms with van der Waals surface area (Å²) in [5.41, 5.74) is 1.46. The minimum atomic E-state index is -0.809. The molecule has 4 fully saturated rings. The van der Waals surface area contributed by atoms with Crippen LogP contribution in [0.1, 0.15) is 43.2 Å². The summed E-state index contributed by atoms with van der Waals surface area (Å²) >= 11 is 0. The molecule has 4 saturated heterocycles. The molecule has 32 heavy (non-hydrogen) atoms. The van der Waals surface area contributed by atoms with Gasteiger partial charge in [-0.3, -0.25) is 0 Å². The molecule has 4 aliphatic heterocycles. The SMILES string of the molecule is Cl.O[C@](CCc1ccccc1OC1CCOCC1)(c1ccccc1)[C@H]1CN2CCC1CC2. The lowest BCUT2D eigenvalue weighted by Gasteiger charge is -2.51. The maximum Gasteiger partial charge on any atom is 0.122 e. The summed E-state index contributed by atoms with van der Waals surface area (Å²) in [5.74, 6) is 1.88. The van der Waals surface area contributed by atoms with Gasteiger partial charge in [0.25, 0.3) is 0 Å². The monoisotopic (exact) mass is 457 g/mol. The fourth-order valence-corrected chi connectivity index (χ4v) is 5.90. The van der Waals surface area contributed by atoms with E-state index in [0.29, 0.717) is 11.8 Å². The summed E-state index contributed by atoms with van der Waals surface area (Å²) in [7, 11) is 0. The highest BCUT2D eigenvalue weighted by molar-refractivity contribution is 5.85. The van der Waals surface area contributed by atoms with Crippen molar-refractivity contribution >= 4 is 12.4 Å². The molecule has 0 unspecified atom stereocenters. The van der Waals surface area contributed by atoms with Crippen molar-refractivity contribution in [2.45, 2.75) is 50.2 Å². The topological polar surface area (TPSA) is 41.9 Å².